The van der Waals surface area contributed by atoms with Crippen molar-refractivity contribution in [2.24, 2.45) is 11.8 Å². The molecular formula is C24H26N4O2. The Labute approximate surface area is 176 Å². The van der Waals surface area contributed by atoms with Gasteiger partial charge in [-0.25, -0.2) is 0 Å². The minimum Gasteiger partial charge on any atom is -0.352 e. The van der Waals surface area contributed by atoms with E-state index in [1.807, 2.05) is 42.5 Å². The lowest BCUT2D eigenvalue weighted by atomic mass is 9.81. The number of rotatable bonds is 6. The largest absolute Gasteiger partial charge is 0.352 e. The molecule has 0 atom stereocenters. The van der Waals surface area contributed by atoms with Gasteiger partial charge in [-0.3, -0.25) is 19.6 Å². The van der Waals surface area contributed by atoms with Gasteiger partial charge in [-0.2, -0.15) is 0 Å². The summed E-state index contributed by atoms with van der Waals surface area (Å²) in [6.45, 7) is 1.13. The lowest BCUT2D eigenvalue weighted by Gasteiger charge is -2.28. The second-order valence-electron chi connectivity index (χ2n) is 7.89. The van der Waals surface area contributed by atoms with Gasteiger partial charge in [0.2, 0.25) is 5.91 Å². The molecule has 0 unspecified atom stereocenters. The Morgan fingerprint density at radius 3 is 2.57 bits per heavy atom. The highest BCUT2D eigenvalue weighted by molar-refractivity contribution is 6.05. The molecule has 30 heavy (non-hydrogen) atoms. The number of hydrogen-bond acceptors (Lipinski definition) is 4. The van der Waals surface area contributed by atoms with Crippen LogP contribution < -0.4 is 10.6 Å². The van der Waals surface area contributed by atoms with Crippen molar-refractivity contribution in [2.75, 3.05) is 6.54 Å². The Balaban J connectivity index is 1.24. The third-order valence-corrected chi connectivity index (χ3v) is 5.85. The van der Waals surface area contributed by atoms with E-state index in [1.165, 1.54) is 0 Å². The van der Waals surface area contributed by atoms with Crippen LogP contribution in [0.2, 0.25) is 0 Å². The maximum atomic E-state index is 12.7. The van der Waals surface area contributed by atoms with Gasteiger partial charge in [0.05, 0.1) is 0 Å². The van der Waals surface area contributed by atoms with Crippen molar-refractivity contribution in [3.05, 3.63) is 72.3 Å². The SMILES string of the molecule is O=C(NCC1CCC(C(=O)NCc2cccnc2)CC1)c1nccc2ccccc12. The third kappa shape index (κ3) is 4.82. The standard InChI is InChI=1S/C24H26N4O2/c29-23(27-16-18-4-3-12-25-14-18)20-9-7-17(8-10-20)15-28-24(30)22-21-6-2-1-5-19(21)11-13-26-22/h1-6,11-14,17,20H,7-10,15-16H2,(H,27,29)(H,28,30). The van der Waals surface area contributed by atoms with Gasteiger partial charge in [0.25, 0.3) is 5.91 Å². The van der Waals surface area contributed by atoms with Gasteiger partial charge in [-0.15, -0.1) is 0 Å². The molecule has 4 rings (SSSR count). The zero-order valence-corrected chi connectivity index (χ0v) is 16.9. The molecule has 6 heteroatoms. The van der Waals surface area contributed by atoms with Crippen LogP contribution in [0.1, 0.15) is 41.7 Å². The van der Waals surface area contributed by atoms with E-state index in [2.05, 4.69) is 20.6 Å². The number of benzene rings is 1. The normalized spacial score (nSPS) is 18.7. The maximum absolute atomic E-state index is 12.7. The van der Waals surface area contributed by atoms with Gasteiger partial charge in [0.1, 0.15) is 5.69 Å². The second kappa shape index (κ2) is 9.48. The van der Waals surface area contributed by atoms with Crippen molar-refractivity contribution < 1.29 is 9.59 Å². The first-order valence-electron chi connectivity index (χ1n) is 10.5. The molecule has 1 saturated carbocycles. The summed E-state index contributed by atoms with van der Waals surface area (Å²) >= 11 is 0. The minimum atomic E-state index is -0.136. The average Bonchev–Trinajstić information content (AvgIpc) is 2.81. The predicted octanol–water partition coefficient (Wildman–Crippen LogP) is 3.48. The van der Waals surface area contributed by atoms with E-state index in [0.717, 1.165) is 42.0 Å². The quantitative estimate of drug-likeness (QED) is 0.661. The Morgan fingerprint density at radius 1 is 0.933 bits per heavy atom. The van der Waals surface area contributed by atoms with E-state index in [4.69, 9.17) is 0 Å². The Morgan fingerprint density at radius 2 is 1.77 bits per heavy atom. The summed E-state index contributed by atoms with van der Waals surface area (Å²) < 4.78 is 0. The van der Waals surface area contributed by atoms with Crippen molar-refractivity contribution in [3.8, 4) is 0 Å². The number of carbonyl (C=O) groups excluding carboxylic acids is 2. The number of fused-ring (bicyclic) bond motifs is 1. The Kier molecular flexibility index (Phi) is 6.32. The number of amides is 2. The van der Waals surface area contributed by atoms with Crippen LogP contribution in [0.15, 0.2) is 61.1 Å². The van der Waals surface area contributed by atoms with Crippen LogP contribution in [0.25, 0.3) is 10.8 Å². The fraction of sp³-hybridized carbons (Fsp3) is 0.333. The summed E-state index contributed by atoms with van der Waals surface area (Å²) in [5, 5.41) is 7.93. The van der Waals surface area contributed by atoms with Crippen molar-refractivity contribution in [2.45, 2.75) is 32.2 Å². The number of nitrogens with one attached hydrogen (secondary N) is 2. The second-order valence-corrected chi connectivity index (χ2v) is 7.89. The molecule has 154 valence electrons. The highest BCUT2D eigenvalue weighted by Crippen LogP contribution is 2.28. The average molecular weight is 402 g/mol. The van der Waals surface area contributed by atoms with Crippen LogP contribution in [-0.4, -0.2) is 28.3 Å². The van der Waals surface area contributed by atoms with E-state index in [9.17, 15) is 9.59 Å². The summed E-state index contributed by atoms with van der Waals surface area (Å²) in [6, 6.07) is 13.5. The molecule has 3 aromatic rings. The van der Waals surface area contributed by atoms with Gasteiger partial charge in [0.15, 0.2) is 0 Å². The molecule has 0 spiro atoms. The highest BCUT2D eigenvalue weighted by atomic mass is 16.2. The lowest BCUT2D eigenvalue weighted by Crippen LogP contribution is -2.36. The van der Waals surface area contributed by atoms with E-state index < -0.39 is 0 Å². The van der Waals surface area contributed by atoms with E-state index >= 15 is 0 Å². The molecule has 2 aromatic heterocycles. The van der Waals surface area contributed by atoms with Crippen molar-refractivity contribution in [1.82, 2.24) is 20.6 Å². The third-order valence-electron chi connectivity index (χ3n) is 5.85. The molecule has 1 aromatic carbocycles. The summed E-state index contributed by atoms with van der Waals surface area (Å²) in [5.74, 6) is 0.420. The molecule has 6 nitrogen and oxygen atoms in total. The topological polar surface area (TPSA) is 84.0 Å². The summed E-state index contributed by atoms with van der Waals surface area (Å²) in [4.78, 5) is 33.4. The van der Waals surface area contributed by atoms with Gasteiger partial charge >= 0.3 is 0 Å². The minimum absolute atomic E-state index is 0.0494. The molecule has 2 N–H and O–H groups in total. The Hall–Kier alpha value is -3.28. The smallest absolute Gasteiger partial charge is 0.270 e. The first kappa shape index (κ1) is 20.0. The number of hydrogen-bond donors (Lipinski definition) is 2. The summed E-state index contributed by atoms with van der Waals surface area (Å²) in [7, 11) is 0. The Bertz CT molecular complexity index is 1010. The molecule has 1 fully saturated rings. The highest BCUT2D eigenvalue weighted by Gasteiger charge is 2.26. The number of nitrogens with zero attached hydrogens (tertiary/aromatic N) is 2. The molecule has 0 radical (unpaired) electrons. The van der Waals surface area contributed by atoms with Crippen LogP contribution in [0.3, 0.4) is 0 Å². The van der Waals surface area contributed by atoms with E-state index in [-0.39, 0.29) is 17.7 Å². The predicted molar refractivity (Wildman–Crippen MR) is 116 cm³/mol. The zero-order chi connectivity index (χ0) is 20.8. The van der Waals surface area contributed by atoms with E-state index in [1.54, 1.807) is 18.6 Å². The number of carbonyl (C=O) groups is 2. The fourth-order valence-corrected chi connectivity index (χ4v) is 4.09. The lowest BCUT2D eigenvalue weighted by molar-refractivity contribution is -0.126. The van der Waals surface area contributed by atoms with Crippen LogP contribution in [0.5, 0.6) is 0 Å². The first-order chi connectivity index (χ1) is 14.7. The molecule has 2 heterocycles. The summed E-state index contributed by atoms with van der Waals surface area (Å²) in [5.41, 5.74) is 1.47. The zero-order valence-electron chi connectivity index (χ0n) is 16.9. The van der Waals surface area contributed by atoms with Crippen molar-refractivity contribution in [3.63, 3.8) is 0 Å². The summed E-state index contributed by atoms with van der Waals surface area (Å²) in [6.07, 6.45) is 8.75. The number of pyridine rings is 2. The molecule has 1 aliphatic rings. The van der Waals surface area contributed by atoms with Gasteiger partial charge in [0, 0.05) is 43.0 Å². The molecule has 0 saturated heterocycles. The molecule has 0 bridgehead atoms. The number of aromatic nitrogens is 2. The van der Waals surface area contributed by atoms with Crippen molar-refractivity contribution >= 4 is 22.6 Å². The molecule has 2 amide bonds. The van der Waals surface area contributed by atoms with E-state index in [0.29, 0.717) is 24.7 Å². The van der Waals surface area contributed by atoms with Gasteiger partial charge in [-0.1, -0.05) is 30.3 Å². The fourth-order valence-electron chi connectivity index (χ4n) is 4.09. The first-order valence-corrected chi connectivity index (χ1v) is 10.5. The van der Waals surface area contributed by atoms with Gasteiger partial charge in [-0.05, 0) is 54.7 Å². The van der Waals surface area contributed by atoms with Crippen LogP contribution in [0.4, 0.5) is 0 Å². The van der Waals surface area contributed by atoms with Crippen LogP contribution in [0, 0.1) is 11.8 Å². The maximum Gasteiger partial charge on any atom is 0.270 e. The monoisotopic (exact) mass is 402 g/mol. The molecular weight excluding hydrogens is 376 g/mol. The molecule has 1 aliphatic carbocycles. The van der Waals surface area contributed by atoms with Crippen LogP contribution in [-0.2, 0) is 11.3 Å². The van der Waals surface area contributed by atoms with Gasteiger partial charge < -0.3 is 10.6 Å². The van der Waals surface area contributed by atoms with Crippen LogP contribution >= 0.6 is 0 Å². The van der Waals surface area contributed by atoms with Crippen molar-refractivity contribution in [1.29, 1.82) is 0 Å². The molecule has 0 aliphatic heterocycles.